The highest BCUT2D eigenvalue weighted by molar-refractivity contribution is 6.15. The largest absolute Gasteiger partial charge is 0.497 e. The standard InChI is InChI=1S/C27H22O7/c1-30-17-7-5-16(6-8-17)19-14-24(28)33-21-11-9-18-26(29)23(34-27(18)25(19)21)13-15-4-10-20(31-2)22(12-15)32-3/h4-13,19H,14H2,1-3H3/b23-13-/t19-/m0/s1. The summed E-state index contributed by atoms with van der Waals surface area (Å²) >= 11 is 0. The second kappa shape index (κ2) is 8.59. The Kier molecular flexibility index (Phi) is 5.45. The molecule has 0 unspecified atom stereocenters. The molecule has 0 saturated heterocycles. The molecule has 0 bridgehead atoms. The molecule has 0 aromatic heterocycles. The number of carbonyl (C=O) groups excluding carboxylic acids is 2. The minimum atomic E-state index is -0.335. The number of Topliss-reactive ketones (excluding diaryl/α,β-unsaturated/α-hetero) is 1. The van der Waals surface area contributed by atoms with Crippen LogP contribution >= 0.6 is 0 Å². The lowest BCUT2D eigenvalue weighted by Crippen LogP contribution is -2.21. The quantitative estimate of drug-likeness (QED) is 0.310. The van der Waals surface area contributed by atoms with Crippen molar-refractivity contribution in [2.75, 3.05) is 21.3 Å². The lowest BCUT2D eigenvalue weighted by molar-refractivity contribution is -0.135. The molecular weight excluding hydrogens is 436 g/mol. The summed E-state index contributed by atoms with van der Waals surface area (Å²) in [5.74, 6) is 1.96. The first kappa shape index (κ1) is 21.6. The van der Waals surface area contributed by atoms with Crippen molar-refractivity contribution < 1.29 is 33.3 Å². The third-order valence-electron chi connectivity index (χ3n) is 6.00. The van der Waals surface area contributed by atoms with Crippen LogP contribution in [0, 0.1) is 0 Å². The first-order valence-electron chi connectivity index (χ1n) is 10.7. The van der Waals surface area contributed by atoms with E-state index in [4.69, 9.17) is 23.7 Å². The van der Waals surface area contributed by atoms with Gasteiger partial charge >= 0.3 is 5.97 Å². The highest BCUT2D eigenvalue weighted by atomic mass is 16.5. The Morgan fingerprint density at radius 3 is 2.32 bits per heavy atom. The summed E-state index contributed by atoms with van der Waals surface area (Å²) in [5.41, 5.74) is 2.74. The van der Waals surface area contributed by atoms with Gasteiger partial charge in [-0.1, -0.05) is 18.2 Å². The van der Waals surface area contributed by atoms with Crippen molar-refractivity contribution in [3.8, 4) is 28.7 Å². The molecule has 0 amide bonds. The van der Waals surface area contributed by atoms with Crippen molar-refractivity contribution >= 4 is 17.8 Å². The Bertz CT molecular complexity index is 1320. The highest BCUT2D eigenvalue weighted by Crippen LogP contribution is 2.49. The van der Waals surface area contributed by atoms with Crippen molar-refractivity contribution in [1.29, 1.82) is 0 Å². The molecule has 34 heavy (non-hydrogen) atoms. The second-order valence-electron chi connectivity index (χ2n) is 7.91. The van der Waals surface area contributed by atoms with Gasteiger partial charge in [-0.15, -0.1) is 0 Å². The lowest BCUT2D eigenvalue weighted by Gasteiger charge is -2.26. The van der Waals surface area contributed by atoms with Crippen LogP contribution in [0.2, 0.25) is 0 Å². The van der Waals surface area contributed by atoms with Crippen LogP contribution < -0.4 is 23.7 Å². The fourth-order valence-electron chi connectivity index (χ4n) is 4.32. The number of rotatable bonds is 5. The lowest BCUT2D eigenvalue weighted by atomic mass is 9.84. The Morgan fingerprint density at radius 1 is 0.853 bits per heavy atom. The number of fused-ring (bicyclic) bond motifs is 3. The van der Waals surface area contributed by atoms with Gasteiger partial charge < -0.3 is 23.7 Å². The van der Waals surface area contributed by atoms with Crippen molar-refractivity contribution in [3.63, 3.8) is 0 Å². The van der Waals surface area contributed by atoms with Crippen molar-refractivity contribution in [1.82, 2.24) is 0 Å². The maximum absolute atomic E-state index is 13.2. The molecule has 2 aliphatic heterocycles. The first-order valence-corrected chi connectivity index (χ1v) is 10.7. The van der Waals surface area contributed by atoms with E-state index in [9.17, 15) is 9.59 Å². The molecule has 0 fully saturated rings. The van der Waals surface area contributed by atoms with Gasteiger partial charge in [-0.25, -0.2) is 0 Å². The van der Waals surface area contributed by atoms with Crippen LogP contribution in [-0.4, -0.2) is 33.1 Å². The van der Waals surface area contributed by atoms with Crippen LogP contribution in [0.5, 0.6) is 28.7 Å². The molecule has 1 atom stereocenters. The summed E-state index contributed by atoms with van der Waals surface area (Å²) in [4.78, 5) is 25.5. The Labute approximate surface area is 196 Å². The van der Waals surface area contributed by atoms with Gasteiger partial charge in [0, 0.05) is 11.5 Å². The van der Waals surface area contributed by atoms with E-state index >= 15 is 0 Å². The van der Waals surface area contributed by atoms with Gasteiger partial charge in [-0.2, -0.15) is 0 Å². The molecule has 7 heteroatoms. The molecular formula is C27H22O7. The Balaban J connectivity index is 1.56. The van der Waals surface area contributed by atoms with Gasteiger partial charge in [-0.3, -0.25) is 9.59 Å². The summed E-state index contributed by atoms with van der Waals surface area (Å²) in [6.07, 6.45) is 1.80. The molecule has 3 aromatic carbocycles. The predicted octanol–water partition coefficient (Wildman–Crippen LogP) is 4.77. The van der Waals surface area contributed by atoms with Crippen LogP contribution in [0.25, 0.3) is 6.08 Å². The number of esters is 1. The zero-order valence-electron chi connectivity index (χ0n) is 18.9. The number of ether oxygens (including phenoxy) is 5. The van der Waals surface area contributed by atoms with Gasteiger partial charge in [-0.05, 0) is 53.6 Å². The topological polar surface area (TPSA) is 80.3 Å². The summed E-state index contributed by atoms with van der Waals surface area (Å²) in [6.45, 7) is 0. The molecule has 0 N–H and O–H groups in total. The zero-order chi connectivity index (χ0) is 23.8. The van der Waals surface area contributed by atoms with E-state index in [1.807, 2.05) is 30.3 Å². The highest BCUT2D eigenvalue weighted by Gasteiger charge is 2.38. The molecule has 0 saturated carbocycles. The number of hydrogen-bond acceptors (Lipinski definition) is 7. The molecule has 3 aromatic rings. The summed E-state index contributed by atoms with van der Waals surface area (Å²) in [5, 5.41) is 0. The average molecular weight is 458 g/mol. The predicted molar refractivity (Wildman–Crippen MR) is 124 cm³/mol. The van der Waals surface area contributed by atoms with Crippen molar-refractivity contribution in [2.24, 2.45) is 0 Å². The van der Waals surface area contributed by atoms with Gasteiger partial charge in [0.15, 0.2) is 17.3 Å². The molecule has 2 aliphatic rings. The molecule has 2 heterocycles. The van der Waals surface area contributed by atoms with Crippen molar-refractivity contribution in [3.05, 3.63) is 82.6 Å². The number of allylic oxidation sites excluding steroid dienone is 1. The van der Waals surface area contributed by atoms with E-state index in [-0.39, 0.29) is 29.9 Å². The SMILES string of the molecule is COc1ccc([C@@H]2CC(=O)Oc3ccc4c(c32)O/C(=C\c2ccc(OC)c(OC)c2)C4=O)cc1. The second-order valence-corrected chi connectivity index (χ2v) is 7.91. The Morgan fingerprint density at radius 2 is 1.62 bits per heavy atom. The van der Waals surface area contributed by atoms with Crippen LogP contribution in [0.15, 0.2) is 60.4 Å². The molecule has 7 nitrogen and oxygen atoms in total. The van der Waals surface area contributed by atoms with Gasteiger partial charge in [0.1, 0.15) is 17.2 Å². The minimum absolute atomic E-state index is 0.141. The normalized spacial score (nSPS) is 17.5. The summed E-state index contributed by atoms with van der Waals surface area (Å²) in [7, 11) is 4.71. The minimum Gasteiger partial charge on any atom is -0.497 e. The van der Waals surface area contributed by atoms with E-state index in [0.29, 0.717) is 39.9 Å². The number of benzene rings is 3. The van der Waals surface area contributed by atoms with E-state index in [1.54, 1.807) is 51.7 Å². The first-order chi connectivity index (χ1) is 16.5. The summed E-state index contributed by atoms with van der Waals surface area (Å²) < 4.78 is 27.5. The van der Waals surface area contributed by atoms with E-state index in [2.05, 4.69) is 0 Å². The van der Waals surface area contributed by atoms with E-state index in [1.165, 1.54) is 0 Å². The maximum Gasteiger partial charge on any atom is 0.312 e. The smallest absolute Gasteiger partial charge is 0.312 e. The van der Waals surface area contributed by atoms with Gasteiger partial charge in [0.05, 0.1) is 33.3 Å². The summed E-state index contributed by atoms with van der Waals surface area (Å²) in [6, 6.07) is 16.1. The van der Waals surface area contributed by atoms with Crippen LogP contribution in [0.1, 0.15) is 39.4 Å². The molecule has 172 valence electrons. The Hall–Kier alpha value is -4.26. The van der Waals surface area contributed by atoms with E-state index in [0.717, 1.165) is 11.1 Å². The monoisotopic (exact) mass is 458 g/mol. The third-order valence-corrected chi connectivity index (χ3v) is 6.00. The third kappa shape index (κ3) is 3.65. The number of hydrogen-bond donors (Lipinski definition) is 0. The van der Waals surface area contributed by atoms with Crippen LogP contribution in [0.3, 0.4) is 0 Å². The number of methoxy groups -OCH3 is 3. The van der Waals surface area contributed by atoms with Crippen molar-refractivity contribution in [2.45, 2.75) is 12.3 Å². The maximum atomic E-state index is 13.2. The molecule has 0 spiro atoms. The molecule has 5 rings (SSSR count). The fraction of sp³-hybridized carbons (Fsp3) is 0.185. The molecule has 0 radical (unpaired) electrons. The number of ketones is 1. The fourth-order valence-corrected chi connectivity index (χ4v) is 4.32. The average Bonchev–Trinajstić information content (AvgIpc) is 3.18. The van der Waals surface area contributed by atoms with E-state index < -0.39 is 0 Å². The van der Waals surface area contributed by atoms with Crippen LogP contribution in [-0.2, 0) is 4.79 Å². The van der Waals surface area contributed by atoms with Gasteiger partial charge in [0.25, 0.3) is 0 Å². The zero-order valence-corrected chi connectivity index (χ0v) is 18.9. The van der Waals surface area contributed by atoms with Crippen LogP contribution in [0.4, 0.5) is 0 Å². The molecule has 0 aliphatic carbocycles. The van der Waals surface area contributed by atoms with Gasteiger partial charge in [0.2, 0.25) is 5.78 Å². The number of carbonyl (C=O) groups is 2.